The Morgan fingerprint density at radius 1 is 1.04 bits per heavy atom. The molecule has 4 rings (SSSR count). The smallest absolute Gasteiger partial charge is 0.270 e. The van der Waals surface area contributed by atoms with Gasteiger partial charge in [0.05, 0.1) is 0 Å². The molecule has 0 N–H and O–H groups in total. The molecule has 0 unspecified atom stereocenters. The Labute approximate surface area is 168 Å². The third-order valence-electron chi connectivity index (χ3n) is 6.29. The second-order valence-electron chi connectivity index (χ2n) is 8.16. The van der Waals surface area contributed by atoms with Crippen molar-refractivity contribution in [2.75, 3.05) is 26.2 Å². The van der Waals surface area contributed by atoms with Gasteiger partial charge in [-0.1, -0.05) is 26.2 Å². The molecule has 0 spiro atoms. The summed E-state index contributed by atoms with van der Waals surface area (Å²) >= 11 is 0. The number of piperazine rings is 1. The third-order valence-corrected chi connectivity index (χ3v) is 6.29. The summed E-state index contributed by atoms with van der Waals surface area (Å²) in [5.74, 6) is 0.178. The van der Waals surface area contributed by atoms with Gasteiger partial charge in [0.2, 0.25) is 0 Å². The fourth-order valence-corrected chi connectivity index (χ4v) is 4.72. The van der Waals surface area contributed by atoms with Crippen molar-refractivity contribution in [2.24, 2.45) is 0 Å². The van der Waals surface area contributed by atoms with E-state index in [0.29, 0.717) is 0 Å². The molecule has 1 amide bonds. The summed E-state index contributed by atoms with van der Waals surface area (Å²) in [7, 11) is 0. The largest absolute Gasteiger partial charge is 0.343 e. The van der Waals surface area contributed by atoms with Crippen LogP contribution in [0.4, 0.5) is 0 Å². The first-order valence-electron chi connectivity index (χ1n) is 10.9. The van der Waals surface area contributed by atoms with Gasteiger partial charge < -0.3 is 9.47 Å². The lowest BCUT2D eigenvalue weighted by atomic mass is 9.94. The van der Waals surface area contributed by atoms with E-state index in [1.54, 1.807) is 12.4 Å². The van der Waals surface area contributed by atoms with Gasteiger partial charge in [0.15, 0.2) is 0 Å². The number of amides is 1. The predicted octanol–water partition coefficient (Wildman–Crippen LogP) is 4.05. The fourth-order valence-electron chi connectivity index (χ4n) is 4.72. The lowest BCUT2D eigenvalue weighted by Crippen LogP contribution is -2.52. The van der Waals surface area contributed by atoms with Crippen LogP contribution in [0.5, 0.6) is 0 Å². The standard InChI is InChI=1S/C23H32N4O/c1-2-12-27-18-20(19-8-10-24-11-9-19)17-22(27)23(28)26-15-13-25(14-16-26)21-6-4-3-5-7-21/h8-11,17-18,21H,2-7,12-16H2,1H3. The molecule has 5 nitrogen and oxygen atoms in total. The summed E-state index contributed by atoms with van der Waals surface area (Å²) in [6, 6.07) is 6.81. The van der Waals surface area contributed by atoms with E-state index in [0.717, 1.165) is 62.0 Å². The second kappa shape index (κ2) is 8.91. The van der Waals surface area contributed by atoms with Gasteiger partial charge in [0.1, 0.15) is 5.69 Å². The van der Waals surface area contributed by atoms with Gasteiger partial charge in [-0.2, -0.15) is 0 Å². The fraction of sp³-hybridized carbons (Fsp3) is 0.565. The van der Waals surface area contributed by atoms with Crippen LogP contribution in [0.2, 0.25) is 0 Å². The van der Waals surface area contributed by atoms with Crippen molar-refractivity contribution in [1.82, 2.24) is 19.4 Å². The lowest BCUT2D eigenvalue weighted by Gasteiger charge is -2.40. The zero-order valence-electron chi connectivity index (χ0n) is 17.0. The van der Waals surface area contributed by atoms with E-state index in [4.69, 9.17) is 0 Å². The highest BCUT2D eigenvalue weighted by molar-refractivity contribution is 5.94. The van der Waals surface area contributed by atoms with Crippen LogP contribution < -0.4 is 0 Å². The van der Waals surface area contributed by atoms with Crippen LogP contribution in [0.1, 0.15) is 55.9 Å². The zero-order chi connectivity index (χ0) is 19.3. The van der Waals surface area contributed by atoms with Crippen LogP contribution in [-0.4, -0.2) is 57.5 Å². The molecule has 0 atom stereocenters. The average molecular weight is 381 g/mol. The normalized spacial score (nSPS) is 19.1. The number of aryl methyl sites for hydroxylation is 1. The minimum absolute atomic E-state index is 0.178. The molecule has 5 heteroatoms. The molecular weight excluding hydrogens is 348 g/mol. The highest BCUT2D eigenvalue weighted by Crippen LogP contribution is 2.25. The maximum absolute atomic E-state index is 13.3. The van der Waals surface area contributed by atoms with Gasteiger partial charge in [-0.05, 0) is 43.0 Å². The van der Waals surface area contributed by atoms with Crippen LogP contribution in [0.25, 0.3) is 11.1 Å². The van der Waals surface area contributed by atoms with Crippen LogP contribution in [0, 0.1) is 0 Å². The molecule has 2 aromatic rings. The van der Waals surface area contributed by atoms with Gasteiger partial charge in [0, 0.05) is 62.9 Å². The first-order chi connectivity index (χ1) is 13.8. The first-order valence-corrected chi connectivity index (χ1v) is 10.9. The molecule has 1 aliphatic heterocycles. The molecule has 0 radical (unpaired) electrons. The van der Waals surface area contributed by atoms with Gasteiger partial charge >= 0.3 is 0 Å². The molecule has 0 aromatic carbocycles. The van der Waals surface area contributed by atoms with E-state index < -0.39 is 0 Å². The monoisotopic (exact) mass is 380 g/mol. The Bertz CT molecular complexity index is 771. The van der Waals surface area contributed by atoms with E-state index in [9.17, 15) is 4.79 Å². The number of pyridine rings is 1. The topological polar surface area (TPSA) is 41.4 Å². The van der Waals surface area contributed by atoms with Gasteiger partial charge in [-0.25, -0.2) is 0 Å². The Morgan fingerprint density at radius 3 is 2.43 bits per heavy atom. The molecule has 28 heavy (non-hydrogen) atoms. The Morgan fingerprint density at radius 2 is 1.75 bits per heavy atom. The van der Waals surface area contributed by atoms with E-state index in [1.807, 2.05) is 12.1 Å². The number of rotatable bonds is 5. The van der Waals surface area contributed by atoms with Crippen LogP contribution >= 0.6 is 0 Å². The zero-order valence-corrected chi connectivity index (χ0v) is 17.0. The average Bonchev–Trinajstić information content (AvgIpc) is 3.19. The molecule has 0 bridgehead atoms. The van der Waals surface area contributed by atoms with E-state index in [1.165, 1.54) is 32.1 Å². The summed E-state index contributed by atoms with van der Waals surface area (Å²) < 4.78 is 2.13. The Kier molecular flexibility index (Phi) is 6.10. The minimum atomic E-state index is 0.178. The number of hydrogen-bond donors (Lipinski definition) is 0. The maximum Gasteiger partial charge on any atom is 0.270 e. The third kappa shape index (κ3) is 4.14. The van der Waals surface area contributed by atoms with Crippen molar-refractivity contribution >= 4 is 5.91 Å². The predicted molar refractivity (Wildman–Crippen MR) is 112 cm³/mol. The summed E-state index contributed by atoms with van der Waals surface area (Å²) in [5, 5.41) is 0. The molecule has 2 aliphatic rings. The highest BCUT2D eigenvalue weighted by atomic mass is 16.2. The van der Waals surface area contributed by atoms with E-state index >= 15 is 0 Å². The number of nitrogens with zero attached hydrogens (tertiary/aromatic N) is 4. The van der Waals surface area contributed by atoms with Crippen molar-refractivity contribution in [3.8, 4) is 11.1 Å². The molecule has 1 aliphatic carbocycles. The maximum atomic E-state index is 13.3. The summed E-state index contributed by atoms with van der Waals surface area (Å²) in [6.07, 6.45) is 13.5. The molecule has 150 valence electrons. The summed E-state index contributed by atoms with van der Waals surface area (Å²) in [6.45, 7) is 6.75. The van der Waals surface area contributed by atoms with Gasteiger partial charge in [-0.3, -0.25) is 14.7 Å². The number of carbonyl (C=O) groups is 1. The molecule has 2 aromatic heterocycles. The molecule has 1 saturated carbocycles. The van der Waals surface area contributed by atoms with Crippen molar-refractivity contribution in [3.05, 3.63) is 42.5 Å². The van der Waals surface area contributed by atoms with E-state index in [2.05, 4.69) is 38.5 Å². The van der Waals surface area contributed by atoms with Gasteiger partial charge in [0.25, 0.3) is 5.91 Å². The lowest BCUT2D eigenvalue weighted by molar-refractivity contribution is 0.0514. The van der Waals surface area contributed by atoms with Crippen LogP contribution in [0.3, 0.4) is 0 Å². The molecule has 1 saturated heterocycles. The van der Waals surface area contributed by atoms with Crippen molar-refractivity contribution in [3.63, 3.8) is 0 Å². The SMILES string of the molecule is CCCn1cc(-c2ccncc2)cc1C(=O)N1CCN(C2CCCCC2)CC1. The molecular formula is C23H32N4O. The number of hydrogen-bond acceptors (Lipinski definition) is 3. The van der Waals surface area contributed by atoms with Crippen molar-refractivity contribution < 1.29 is 4.79 Å². The summed E-state index contributed by atoms with van der Waals surface area (Å²) in [5.41, 5.74) is 3.03. The Balaban J connectivity index is 1.46. The van der Waals surface area contributed by atoms with Crippen molar-refractivity contribution in [1.29, 1.82) is 0 Å². The summed E-state index contributed by atoms with van der Waals surface area (Å²) in [4.78, 5) is 22.1. The Hall–Kier alpha value is -2.14. The first kappa shape index (κ1) is 19.2. The minimum Gasteiger partial charge on any atom is -0.343 e. The van der Waals surface area contributed by atoms with Crippen molar-refractivity contribution in [2.45, 2.75) is 58.0 Å². The van der Waals surface area contributed by atoms with Crippen LogP contribution in [0.15, 0.2) is 36.8 Å². The van der Waals surface area contributed by atoms with Gasteiger partial charge in [-0.15, -0.1) is 0 Å². The number of aromatic nitrogens is 2. The van der Waals surface area contributed by atoms with E-state index in [-0.39, 0.29) is 5.91 Å². The molecule has 2 fully saturated rings. The number of carbonyl (C=O) groups excluding carboxylic acids is 1. The highest BCUT2D eigenvalue weighted by Gasteiger charge is 2.28. The van der Waals surface area contributed by atoms with Crippen LogP contribution in [-0.2, 0) is 6.54 Å². The second-order valence-corrected chi connectivity index (χ2v) is 8.16. The molecule has 3 heterocycles. The quantitative estimate of drug-likeness (QED) is 0.786.